The fraction of sp³-hybridized carbons (Fsp3) is 0.263. The summed E-state index contributed by atoms with van der Waals surface area (Å²) in [6.45, 7) is 7.60. The number of hydrogen-bond donors (Lipinski definition) is 1. The second kappa shape index (κ2) is 5.53. The van der Waals surface area contributed by atoms with Crippen molar-refractivity contribution in [2.75, 3.05) is 5.32 Å². The first-order valence-corrected chi connectivity index (χ1v) is 8.21. The maximum Gasteiger partial charge on any atom is 0.0400 e. The fourth-order valence-corrected chi connectivity index (χ4v) is 3.17. The second-order valence-electron chi connectivity index (χ2n) is 6.47. The zero-order chi connectivity index (χ0) is 14.9. The lowest BCUT2D eigenvalue weighted by Crippen LogP contribution is -2.11. The van der Waals surface area contributed by atoms with Crippen LogP contribution in [0.25, 0.3) is 10.1 Å². The Kier molecular flexibility index (Phi) is 3.73. The van der Waals surface area contributed by atoms with Crippen molar-refractivity contribution in [3.63, 3.8) is 0 Å². The third-order valence-electron chi connectivity index (χ3n) is 3.77. The lowest BCUT2D eigenvalue weighted by atomic mass is 9.87. The minimum Gasteiger partial charge on any atom is -0.381 e. The van der Waals surface area contributed by atoms with Crippen LogP contribution in [0.3, 0.4) is 0 Å². The average molecular weight is 295 g/mol. The van der Waals surface area contributed by atoms with Gasteiger partial charge in [-0.3, -0.25) is 0 Å². The van der Waals surface area contributed by atoms with Gasteiger partial charge >= 0.3 is 0 Å². The van der Waals surface area contributed by atoms with E-state index in [1.807, 2.05) is 0 Å². The smallest absolute Gasteiger partial charge is 0.0400 e. The Morgan fingerprint density at radius 1 is 0.952 bits per heavy atom. The molecule has 2 heteroatoms. The lowest BCUT2D eigenvalue weighted by molar-refractivity contribution is 0.590. The van der Waals surface area contributed by atoms with E-state index in [9.17, 15) is 0 Å². The van der Waals surface area contributed by atoms with Crippen LogP contribution in [0.5, 0.6) is 0 Å². The summed E-state index contributed by atoms with van der Waals surface area (Å²) >= 11 is 1.79. The van der Waals surface area contributed by atoms with Gasteiger partial charge in [0.05, 0.1) is 0 Å². The molecule has 108 valence electrons. The van der Waals surface area contributed by atoms with Crippen molar-refractivity contribution in [2.45, 2.75) is 32.7 Å². The number of fused-ring (bicyclic) bond motifs is 1. The molecule has 0 spiro atoms. The molecule has 0 saturated carbocycles. The summed E-state index contributed by atoms with van der Waals surface area (Å²) in [4.78, 5) is 0. The molecular weight excluding hydrogens is 274 g/mol. The molecule has 3 rings (SSSR count). The van der Waals surface area contributed by atoms with Gasteiger partial charge in [0.15, 0.2) is 0 Å². The van der Waals surface area contributed by atoms with Gasteiger partial charge in [-0.2, -0.15) is 0 Å². The molecule has 2 aromatic carbocycles. The molecule has 0 bridgehead atoms. The Hall–Kier alpha value is -1.80. The molecule has 1 N–H and O–H groups in total. The highest BCUT2D eigenvalue weighted by Crippen LogP contribution is 2.25. The van der Waals surface area contributed by atoms with Crippen molar-refractivity contribution in [3.8, 4) is 0 Å². The standard InChI is InChI=1S/C19H21NS/c1-19(2,3)16-6-4-14(5-7-16)13-20-17-8-9-18-15(12-17)10-11-21-18/h4-12,20H,13H2,1-3H3. The summed E-state index contributed by atoms with van der Waals surface area (Å²) in [5.41, 5.74) is 4.09. The molecule has 0 aliphatic heterocycles. The molecule has 0 unspecified atom stereocenters. The van der Waals surface area contributed by atoms with Crippen LogP contribution in [0, 0.1) is 0 Å². The Balaban J connectivity index is 1.69. The average Bonchev–Trinajstić information content (AvgIpc) is 2.92. The van der Waals surface area contributed by atoms with Gasteiger partial charge < -0.3 is 5.32 Å². The van der Waals surface area contributed by atoms with E-state index in [-0.39, 0.29) is 5.41 Å². The summed E-state index contributed by atoms with van der Waals surface area (Å²) in [5, 5.41) is 6.96. The molecule has 1 heterocycles. The van der Waals surface area contributed by atoms with Crippen LogP contribution >= 0.6 is 11.3 Å². The molecule has 0 fully saturated rings. The third kappa shape index (κ3) is 3.27. The molecule has 0 amide bonds. The maximum atomic E-state index is 3.51. The van der Waals surface area contributed by atoms with Gasteiger partial charge in [-0.15, -0.1) is 11.3 Å². The van der Waals surface area contributed by atoms with Crippen molar-refractivity contribution in [1.82, 2.24) is 0 Å². The second-order valence-corrected chi connectivity index (χ2v) is 7.42. The summed E-state index contributed by atoms with van der Waals surface area (Å²) in [5.74, 6) is 0. The highest BCUT2D eigenvalue weighted by atomic mass is 32.1. The van der Waals surface area contributed by atoms with Crippen LogP contribution in [0.1, 0.15) is 31.9 Å². The first kappa shape index (κ1) is 14.2. The molecular formula is C19H21NS. The fourth-order valence-electron chi connectivity index (χ4n) is 2.40. The van der Waals surface area contributed by atoms with E-state index in [0.29, 0.717) is 0 Å². The Bertz CT molecular complexity index is 732. The maximum absolute atomic E-state index is 3.51. The molecule has 1 aromatic heterocycles. The predicted octanol–water partition coefficient (Wildman–Crippen LogP) is 5.81. The Morgan fingerprint density at radius 2 is 1.71 bits per heavy atom. The van der Waals surface area contributed by atoms with Crippen molar-refractivity contribution < 1.29 is 0 Å². The van der Waals surface area contributed by atoms with Crippen LogP contribution in [0.4, 0.5) is 5.69 Å². The van der Waals surface area contributed by atoms with E-state index < -0.39 is 0 Å². The molecule has 0 radical (unpaired) electrons. The zero-order valence-corrected chi connectivity index (χ0v) is 13.6. The van der Waals surface area contributed by atoms with E-state index >= 15 is 0 Å². The van der Waals surface area contributed by atoms with Crippen LogP contribution in [0.15, 0.2) is 53.9 Å². The van der Waals surface area contributed by atoms with Crippen molar-refractivity contribution in [3.05, 3.63) is 65.0 Å². The van der Waals surface area contributed by atoms with Crippen LogP contribution in [-0.2, 0) is 12.0 Å². The molecule has 21 heavy (non-hydrogen) atoms. The van der Waals surface area contributed by atoms with Crippen LogP contribution in [-0.4, -0.2) is 0 Å². The monoisotopic (exact) mass is 295 g/mol. The summed E-state index contributed by atoms with van der Waals surface area (Å²) in [7, 11) is 0. The van der Waals surface area contributed by atoms with Gasteiger partial charge in [0.25, 0.3) is 0 Å². The largest absolute Gasteiger partial charge is 0.381 e. The molecule has 3 aromatic rings. The number of nitrogens with one attached hydrogen (secondary N) is 1. The number of rotatable bonds is 3. The summed E-state index contributed by atoms with van der Waals surface area (Å²) in [6.07, 6.45) is 0. The summed E-state index contributed by atoms with van der Waals surface area (Å²) in [6, 6.07) is 17.6. The van der Waals surface area contributed by atoms with Gasteiger partial charge in [0.1, 0.15) is 0 Å². The van der Waals surface area contributed by atoms with Crippen LogP contribution in [0.2, 0.25) is 0 Å². The molecule has 0 saturated heterocycles. The zero-order valence-electron chi connectivity index (χ0n) is 12.8. The highest BCUT2D eigenvalue weighted by molar-refractivity contribution is 7.17. The van der Waals surface area contributed by atoms with Crippen LogP contribution < -0.4 is 5.32 Å². The van der Waals surface area contributed by atoms with Gasteiger partial charge in [-0.05, 0) is 51.6 Å². The van der Waals surface area contributed by atoms with E-state index in [0.717, 1.165) is 6.54 Å². The quantitative estimate of drug-likeness (QED) is 0.643. The van der Waals surface area contributed by atoms with E-state index in [4.69, 9.17) is 0 Å². The third-order valence-corrected chi connectivity index (χ3v) is 4.67. The Labute approximate surface area is 130 Å². The van der Waals surface area contributed by atoms with E-state index in [1.54, 1.807) is 11.3 Å². The highest BCUT2D eigenvalue weighted by Gasteiger charge is 2.12. The Morgan fingerprint density at radius 3 is 2.43 bits per heavy atom. The number of hydrogen-bond acceptors (Lipinski definition) is 2. The van der Waals surface area contributed by atoms with E-state index in [1.165, 1.54) is 26.9 Å². The minimum atomic E-state index is 0.218. The topological polar surface area (TPSA) is 12.0 Å². The normalized spacial score (nSPS) is 11.8. The molecule has 0 atom stereocenters. The SMILES string of the molecule is CC(C)(C)c1ccc(CNc2ccc3sccc3c2)cc1. The van der Waals surface area contributed by atoms with Crippen molar-refractivity contribution in [1.29, 1.82) is 0 Å². The molecule has 1 nitrogen and oxygen atoms in total. The molecule has 0 aliphatic rings. The first-order chi connectivity index (χ1) is 10.0. The molecule has 0 aliphatic carbocycles. The minimum absolute atomic E-state index is 0.218. The van der Waals surface area contributed by atoms with E-state index in [2.05, 4.69) is 80.0 Å². The van der Waals surface area contributed by atoms with Gasteiger partial charge in [0, 0.05) is 16.9 Å². The lowest BCUT2D eigenvalue weighted by Gasteiger charge is -2.19. The number of thiophene rings is 1. The number of anilines is 1. The van der Waals surface area contributed by atoms with Gasteiger partial charge in [-0.1, -0.05) is 45.0 Å². The van der Waals surface area contributed by atoms with Gasteiger partial charge in [-0.25, -0.2) is 0 Å². The van der Waals surface area contributed by atoms with Gasteiger partial charge in [0.2, 0.25) is 0 Å². The predicted molar refractivity (Wildman–Crippen MR) is 94.3 cm³/mol. The van der Waals surface area contributed by atoms with Crippen molar-refractivity contribution in [2.24, 2.45) is 0 Å². The van der Waals surface area contributed by atoms with Crippen molar-refractivity contribution >= 4 is 27.1 Å². The summed E-state index contributed by atoms with van der Waals surface area (Å²) < 4.78 is 1.34. The first-order valence-electron chi connectivity index (χ1n) is 7.33. The number of benzene rings is 2.